The molecule has 0 bridgehead atoms. The van der Waals surface area contributed by atoms with E-state index in [-0.39, 0.29) is 5.91 Å². The molecule has 1 aliphatic heterocycles. The second-order valence-electron chi connectivity index (χ2n) is 5.91. The van der Waals surface area contributed by atoms with Crippen molar-refractivity contribution in [3.8, 4) is 0 Å². The predicted molar refractivity (Wildman–Crippen MR) is 89.3 cm³/mol. The second kappa shape index (κ2) is 4.73. The Kier molecular flexibility index (Phi) is 2.83. The fourth-order valence-electron chi connectivity index (χ4n) is 3.20. The summed E-state index contributed by atoms with van der Waals surface area (Å²) in [7, 11) is 2.03. The zero-order valence-electron chi connectivity index (χ0n) is 12.8. The van der Waals surface area contributed by atoms with Crippen molar-refractivity contribution in [3.05, 3.63) is 65.4 Å². The summed E-state index contributed by atoms with van der Waals surface area (Å²) in [5.41, 5.74) is 5.30. The molecule has 0 fully saturated rings. The largest absolute Gasteiger partial charge is 0.350 e. The van der Waals surface area contributed by atoms with Crippen LogP contribution in [0, 0.1) is 0 Å². The van der Waals surface area contributed by atoms with E-state index in [1.165, 1.54) is 10.9 Å². The molecule has 1 amide bonds. The van der Waals surface area contributed by atoms with E-state index >= 15 is 0 Å². The number of aryl methyl sites for hydroxylation is 2. The van der Waals surface area contributed by atoms with Gasteiger partial charge in [-0.1, -0.05) is 25.1 Å². The fraction of sp³-hybridized carbons (Fsp3) is 0.211. The number of hydrogen-bond donors (Lipinski definition) is 0. The van der Waals surface area contributed by atoms with Crippen LogP contribution in [0.2, 0.25) is 0 Å². The highest BCUT2D eigenvalue weighted by Crippen LogP contribution is 2.31. The van der Waals surface area contributed by atoms with Crippen LogP contribution < -0.4 is 4.90 Å². The lowest BCUT2D eigenvalue weighted by atomic mass is 10.0. The lowest BCUT2D eigenvalue weighted by molar-refractivity contribution is 0.0996. The fourth-order valence-corrected chi connectivity index (χ4v) is 3.20. The van der Waals surface area contributed by atoms with Crippen molar-refractivity contribution in [2.24, 2.45) is 7.05 Å². The highest BCUT2D eigenvalue weighted by atomic mass is 16.2. The van der Waals surface area contributed by atoms with E-state index in [0.29, 0.717) is 6.54 Å². The van der Waals surface area contributed by atoms with Crippen LogP contribution in [0.15, 0.2) is 48.7 Å². The van der Waals surface area contributed by atoms with Crippen molar-refractivity contribution < 1.29 is 4.79 Å². The van der Waals surface area contributed by atoms with Gasteiger partial charge in [0.15, 0.2) is 0 Å². The Morgan fingerprint density at radius 2 is 1.95 bits per heavy atom. The molecule has 0 unspecified atom stereocenters. The zero-order valence-corrected chi connectivity index (χ0v) is 12.8. The molecule has 0 spiro atoms. The summed E-state index contributed by atoms with van der Waals surface area (Å²) < 4.78 is 2.09. The molecule has 2 heterocycles. The standard InChI is InChI=1S/C19H18N2O/c1-3-13-4-5-15-12-21(19(22)17(15)10-13)16-7-6-14-8-9-20(2)18(14)11-16/h4-11H,3,12H2,1-2H3. The number of anilines is 1. The number of rotatable bonds is 2. The molecule has 1 aromatic heterocycles. The number of aromatic nitrogens is 1. The lowest BCUT2D eigenvalue weighted by Crippen LogP contribution is -2.22. The molecule has 0 radical (unpaired) electrons. The van der Waals surface area contributed by atoms with Crippen LogP contribution in [0.3, 0.4) is 0 Å². The third-order valence-electron chi connectivity index (χ3n) is 4.57. The van der Waals surface area contributed by atoms with Crippen molar-refractivity contribution in [1.82, 2.24) is 4.57 Å². The van der Waals surface area contributed by atoms with Gasteiger partial charge >= 0.3 is 0 Å². The average Bonchev–Trinajstić information content (AvgIpc) is 3.08. The minimum absolute atomic E-state index is 0.110. The van der Waals surface area contributed by atoms with Gasteiger partial charge in [0.1, 0.15) is 0 Å². The average molecular weight is 290 g/mol. The maximum Gasteiger partial charge on any atom is 0.258 e. The molecule has 0 N–H and O–H groups in total. The Morgan fingerprint density at radius 1 is 1.09 bits per heavy atom. The van der Waals surface area contributed by atoms with Crippen molar-refractivity contribution in [1.29, 1.82) is 0 Å². The van der Waals surface area contributed by atoms with Gasteiger partial charge in [-0.05, 0) is 47.2 Å². The highest BCUT2D eigenvalue weighted by molar-refractivity contribution is 6.10. The van der Waals surface area contributed by atoms with Gasteiger partial charge in [0.05, 0.1) is 6.54 Å². The second-order valence-corrected chi connectivity index (χ2v) is 5.91. The molecule has 22 heavy (non-hydrogen) atoms. The number of benzene rings is 2. The smallest absolute Gasteiger partial charge is 0.258 e. The molecule has 0 saturated heterocycles. The summed E-state index contributed by atoms with van der Waals surface area (Å²) in [5.74, 6) is 0.110. The first-order valence-corrected chi connectivity index (χ1v) is 7.66. The normalized spacial score (nSPS) is 13.9. The molecule has 3 heteroatoms. The van der Waals surface area contributed by atoms with Crippen molar-refractivity contribution in [2.45, 2.75) is 19.9 Å². The summed E-state index contributed by atoms with van der Waals surface area (Å²) in [6.45, 7) is 2.77. The van der Waals surface area contributed by atoms with E-state index in [9.17, 15) is 4.79 Å². The van der Waals surface area contributed by atoms with Gasteiger partial charge < -0.3 is 9.47 Å². The van der Waals surface area contributed by atoms with E-state index < -0.39 is 0 Å². The van der Waals surface area contributed by atoms with Gasteiger partial charge in [-0.25, -0.2) is 0 Å². The third kappa shape index (κ3) is 1.86. The molecule has 1 aliphatic rings. The van der Waals surface area contributed by atoms with Gasteiger partial charge in [0.2, 0.25) is 0 Å². The van der Waals surface area contributed by atoms with E-state index in [0.717, 1.165) is 28.8 Å². The molecule has 3 nitrogen and oxygen atoms in total. The summed E-state index contributed by atoms with van der Waals surface area (Å²) in [6.07, 6.45) is 3.00. The molecule has 0 atom stereocenters. The predicted octanol–water partition coefficient (Wildman–Crippen LogP) is 3.90. The van der Waals surface area contributed by atoms with Crippen LogP contribution in [-0.2, 0) is 20.0 Å². The molecule has 0 saturated carbocycles. The van der Waals surface area contributed by atoms with Crippen LogP contribution in [0.4, 0.5) is 5.69 Å². The van der Waals surface area contributed by atoms with E-state index in [1.807, 2.05) is 30.3 Å². The van der Waals surface area contributed by atoms with Gasteiger partial charge in [-0.3, -0.25) is 4.79 Å². The maximum absolute atomic E-state index is 12.7. The monoisotopic (exact) mass is 290 g/mol. The number of hydrogen-bond acceptors (Lipinski definition) is 1. The highest BCUT2D eigenvalue weighted by Gasteiger charge is 2.28. The summed E-state index contributed by atoms with van der Waals surface area (Å²) in [4.78, 5) is 14.6. The first-order chi connectivity index (χ1) is 10.7. The molecule has 110 valence electrons. The SMILES string of the molecule is CCc1ccc2c(c1)C(=O)N(c1ccc3ccn(C)c3c1)C2. The summed E-state index contributed by atoms with van der Waals surface area (Å²) in [5, 5.41) is 1.20. The van der Waals surface area contributed by atoms with E-state index in [2.05, 4.69) is 41.8 Å². The number of nitrogens with zero attached hydrogens (tertiary/aromatic N) is 2. The number of carbonyl (C=O) groups is 1. The van der Waals surface area contributed by atoms with Gasteiger partial charge in [0.25, 0.3) is 5.91 Å². The zero-order chi connectivity index (χ0) is 15.3. The number of carbonyl (C=O) groups excluding carboxylic acids is 1. The van der Waals surface area contributed by atoms with E-state index in [1.54, 1.807) is 0 Å². The lowest BCUT2D eigenvalue weighted by Gasteiger charge is -2.16. The first kappa shape index (κ1) is 13.1. The summed E-state index contributed by atoms with van der Waals surface area (Å²) >= 11 is 0. The maximum atomic E-state index is 12.7. The minimum atomic E-state index is 0.110. The number of amides is 1. The van der Waals surface area contributed by atoms with Crippen LogP contribution in [0.1, 0.15) is 28.4 Å². The van der Waals surface area contributed by atoms with Crippen molar-refractivity contribution in [3.63, 3.8) is 0 Å². The first-order valence-electron chi connectivity index (χ1n) is 7.66. The molecule has 3 aromatic rings. The Morgan fingerprint density at radius 3 is 2.77 bits per heavy atom. The molecule has 4 rings (SSSR count). The van der Waals surface area contributed by atoms with Crippen molar-refractivity contribution in [2.75, 3.05) is 4.90 Å². The Hall–Kier alpha value is -2.55. The number of fused-ring (bicyclic) bond motifs is 2. The van der Waals surface area contributed by atoms with Gasteiger partial charge in [0, 0.05) is 30.0 Å². The van der Waals surface area contributed by atoms with Crippen LogP contribution in [0.5, 0.6) is 0 Å². The summed E-state index contributed by atoms with van der Waals surface area (Å²) in [6, 6.07) is 14.6. The van der Waals surface area contributed by atoms with Crippen LogP contribution in [-0.4, -0.2) is 10.5 Å². The van der Waals surface area contributed by atoms with E-state index in [4.69, 9.17) is 0 Å². The van der Waals surface area contributed by atoms with Gasteiger partial charge in [-0.2, -0.15) is 0 Å². The minimum Gasteiger partial charge on any atom is -0.350 e. The molecular weight excluding hydrogens is 272 g/mol. The topological polar surface area (TPSA) is 25.2 Å². The van der Waals surface area contributed by atoms with Crippen LogP contribution >= 0.6 is 0 Å². The van der Waals surface area contributed by atoms with Crippen molar-refractivity contribution >= 4 is 22.5 Å². The Labute approximate surface area is 129 Å². The Balaban J connectivity index is 1.77. The molecule has 2 aromatic carbocycles. The molecular formula is C19H18N2O. The quantitative estimate of drug-likeness (QED) is 0.702. The van der Waals surface area contributed by atoms with Crippen LogP contribution in [0.25, 0.3) is 10.9 Å². The third-order valence-corrected chi connectivity index (χ3v) is 4.57. The molecule has 0 aliphatic carbocycles. The van der Waals surface area contributed by atoms with Gasteiger partial charge in [-0.15, -0.1) is 0 Å². The Bertz CT molecular complexity index is 892.